The number of carbonyl (C=O) groups excluding carboxylic acids is 1. The lowest BCUT2D eigenvalue weighted by Crippen LogP contribution is -2.46. The monoisotopic (exact) mass is 427 g/mol. The van der Waals surface area contributed by atoms with Gasteiger partial charge in [0.15, 0.2) is 0 Å². The van der Waals surface area contributed by atoms with Gasteiger partial charge in [-0.15, -0.1) is 0 Å². The van der Waals surface area contributed by atoms with Gasteiger partial charge in [0.05, 0.1) is 5.56 Å². The minimum atomic E-state index is -3.67. The van der Waals surface area contributed by atoms with Gasteiger partial charge in [-0.25, -0.2) is 12.7 Å². The average molecular weight is 428 g/mol. The quantitative estimate of drug-likeness (QED) is 0.607. The number of carbonyl (C=O) groups is 1. The van der Waals surface area contributed by atoms with E-state index in [9.17, 15) is 13.2 Å². The Morgan fingerprint density at radius 2 is 1.37 bits per heavy atom. The summed E-state index contributed by atoms with van der Waals surface area (Å²) in [6, 6.07) is 17.0. The highest BCUT2D eigenvalue weighted by Crippen LogP contribution is 2.30. The van der Waals surface area contributed by atoms with Crippen molar-refractivity contribution in [3.63, 3.8) is 0 Å². The van der Waals surface area contributed by atoms with E-state index in [-0.39, 0.29) is 17.3 Å². The van der Waals surface area contributed by atoms with E-state index in [2.05, 4.69) is 40.1 Å². The Balaban J connectivity index is 1.15. The molecule has 2 aliphatic rings. The van der Waals surface area contributed by atoms with Crippen molar-refractivity contribution in [1.29, 1.82) is 0 Å². The Hall–Kier alpha value is -2.22. The van der Waals surface area contributed by atoms with E-state index < -0.39 is 10.0 Å². The van der Waals surface area contributed by atoms with Gasteiger partial charge in [-0.1, -0.05) is 48.9 Å². The maximum Gasteiger partial charge on any atom is 0.269 e. The van der Waals surface area contributed by atoms with Crippen LogP contribution in [0.5, 0.6) is 0 Å². The van der Waals surface area contributed by atoms with Crippen LogP contribution < -0.4 is 0 Å². The Morgan fingerprint density at radius 1 is 0.733 bits per heavy atom. The van der Waals surface area contributed by atoms with E-state index in [1.54, 1.807) is 18.2 Å². The van der Waals surface area contributed by atoms with Gasteiger partial charge in [0.25, 0.3) is 15.9 Å². The Kier molecular flexibility index (Phi) is 6.51. The topological polar surface area (TPSA) is 60.9 Å². The van der Waals surface area contributed by atoms with Gasteiger partial charge >= 0.3 is 0 Å². The molecule has 1 fully saturated rings. The highest BCUT2D eigenvalue weighted by molar-refractivity contribution is 7.90. The molecule has 0 bridgehead atoms. The first-order valence-corrected chi connectivity index (χ1v) is 12.1. The van der Waals surface area contributed by atoms with E-state index >= 15 is 0 Å². The molecule has 0 radical (unpaired) electrons. The van der Waals surface area contributed by atoms with E-state index in [1.165, 1.54) is 11.6 Å². The number of fused-ring (bicyclic) bond motifs is 1. The summed E-state index contributed by atoms with van der Waals surface area (Å²) in [7, 11) is -3.67. The van der Waals surface area contributed by atoms with E-state index in [4.69, 9.17) is 0 Å². The lowest BCUT2D eigenvalue weighted by Gasteiger charge is -2.34. The van der Waals surface area contributed by atoms with Crippen LogP contribution in [0.4, 0.5) is 0 Å². The lowest BCUT2D eigenvalue weighted by atomic mass is 10.2. The molecule has 0 aliphatic carbocycles. The van der Waals surface area contributed by atoms with Crippen molar-refractivity contribution in [1.82, 2.24) is 14.1 Å². The van der Waals surface area contributed by atoms with Crippen molar-refractivity contribution in [3.8, 4) is 0 Å². The number of unbranched alkanes of at least 4 members (excludes halogenated alkanes) is 2. The zero-order valence-corrected chi connectivity index (χ0v) is 18.1. The molecule has 2 aromatic carbocycles. The van der Waals surface area contributed by atoms with Crippen LogP contribution in [-0.2, 0) is 16.6 Å². The van der Waals surface area contributed by atoms with Crippen LogP contribution in [-0.4, -0.2) is 67.7 Å². The molecule has 4 rings (SSSR count). The third kappa shape index (κ3) is 4.58. The fraction of sp³-hybridized carbons (Fsp3) is 0.435. The second-order valence-corrected chi connectivity index (χ2v) is 9.87. The van der Waals surface area contributed by atoms with Crippen molar-refractivity contribution in [2.75, 3.05) is 39.3 Å². The second-order valence-electron chi connectivity index (χ2n) is 8.04. The fourth-order valence-electron chi connectivity index (χ4n) is 4.23. The molecule has 30 heavy (non-hydrogen) atoms. The predicted molar refractivity (Wildman–Crippen MR) is 117 cm³/mol. The average Bonchev–Trinajstić information content (AvgIpc) is 2.96. The zero-order valence-electron chi connectivity index (χ0n) is 17.2. The molecule has 7 heteroatoms. The van der Waals surface area contributed by atoms with Crippen molar-refractivity contribution in [2.24, 2.45) is 0 Å². The van der Waals surface area contributed by atoms with Gasteiger partial charge in [0, 0.05) is 39.3 Å². The highest BCUT2D eigenvalue weighted by Gasteiger charge is 2.40. The summed E-state index contributed by atoms with van der Waals surface area (Å²) in [5.74, 6) is -0.389. The molecular formula is C23H29N3O3S. The zero-order chi connectivity index (χ0) is 21.0. The van der Waals surface area contributed by atoms with Crippen LogP contribution in [0.2, 0.25) is 0 Å². The minimum absolute atomic E-state index is 0.142. The van der Waals surface area contributed by atoms with Crippen molar-refractivity contribution in [2.45, 2.75) is 30.7 Å². The Bertz CT molecular complexity index is 970. The number of rotatable bonds is 8. The lowest BCUT2D eigenvalue weighted by molar-refractivity contribution is 0.0868. The maximum absolute atomic E-state index is 12.6. The molecule has 0 saturated carbocycles. The normalized spacial score (nSPS) is 19.2. The first-order chi connectivity index (χ1) is 14.6. The molecule has 0 spiro atoms. The fourth-order valence-corrected chi connectivity index (χ4v) is 5.84. The van der Waals surface area contributed by atoms with E-state index in [0.717, 1.165) is 56.4 Å². The second kappa shape index (κ2) is 9.29. The molecule has 2 aliphatic heterocycles. The standard InChI is InChI=1S/C23H29N3O3S/c27-23-21-11-5-6-12-22(21)30(28,29)26(23)14-8-2-7-13-24-15-17-25(18-16-24)19-20-9-3-1-4-10-20/h1,3-6,9-12H,2,7-8,13-19H2. The first kappa shape index (κ1) is 21.0. The molecule has 2 heterocycles. The molecule has 1 amide bonds. The number of benzene rings is 2. The van der Waals surface area contributed by atoms with Gasteiger partial charge in [0.2, 0.25) is 0 Å². The van der Waals surface area contributed by atoms with Gasteiger partial charge < -0.3 is 4.90 Å². The summed E-state index contributed by atoms with van der Waals surface area (Å²) in [6.45, 7) is 6.60. The Labute approximate surface area is 179 Å². The third-order valence-corrected chi connectivity index (χ3v) is 7.80. The summed E-state index contributed by atoms with van der Waals surface area (Å²) in [5, 5.41) is 0. The molecule has 160 valence electrons. The number of amides is 1. The number of nitrogens with zero attached hydrogens (tertiary/aromatic N) is 3. The van der Waals surface area contributed by atoms with E-state index in [1.807, 2.05) is 0 Å². The highest BCUT2D eigenvalue weighted by atomic mass is 32.2. The number of piperazine rings is 1. The molecule has 0 unspecified atom stereocenters. The largest absolute Gasteiger partial charge is 0.301 e. The molecule has 1 saturated heterocycles. The maximum atomic E-state index is 12.6. The third-order valence-electron chi connectivity index (χ3n) is 5.96. The summed E-state index contributed by atoms with van der Waals surface area (Å²) < 4.78 is 26.2. The minimum Gasteiger partial charge on any atom is -0.301 e. The molecule has 0 atom stereocenters. The summed E-state index contributed by atoms with van der Waals surface area (Å²) in [6.07, 6.45) is 2.64. The van der Waals surface area contributed by atoms with Crippen LogP contribution in [0.25, 0.3) is 0 Å². The van der Waals surface area contributed by atoms with Crippen LogP contribution in [0.15, 0.2) is 59.5 Å². The summed E-state index contributed by atoms with van der Waals surface area (Å²) in [5.41, 5.74) is 1.66. The van der Waals surface area contributed by atoms with Crippen LogP contribution in [0.1, 0.15) is 35.2 Å². The van der Waals surface area contributed by atoms with Crippen molar-refractivity contribution >= 4 is 15.9 Å². The molecule has 0 N–H and O–H groups in total. The number of sulfonamides is 1. The molecular weight excluding hydrogens is 398 g/mol. The van der Waals surface area contributed by atoms with Gasteiger partial charge in [-0.05, 0) is 37.1 Å². The Morgan fingerprint density at radius 3 is 2.10 bits per heavy atom. The number of hydrogen-bond donors (Lipinski definition) is 0. The van der Waals surface area contributed by atoms with Crippen LogP contribution >= 0.6 is 0 Å². The van der Waals surface area contributed by atoms with Crippen molar-refractivity contribution in [3.05, 3.63) is 65.7 Å². The number of hydrogen-bond acceptors (Lipinski definition) is 5. The first-order valence-electron chi connectivity index (χ1n) is 10.7. The summed E-state index contributed by atoms with van der Waals surface area (Å²) in [4.78, 5) is 17.5. The van der Waals surface area contributed by atoms with Crippen LogP contribution in [0, 0.1) is 0 Å². The van der Waals surface area contributed by atoms with E-state index in [0.29, 0.717) is 12.0 Å². The van der Waals surface area contributed by atoms with Crippen molar-refractivity contribution < 1.29 is 13.2 Å². The van der Waals surface area contributed by atoms with Crippen LogP contribution in [0.3, 0.4) is 0 Å². The van der Waals surface area contributed by atoms with Gasteiger partial charge in [-0.3, -0.25) is 9.69 Å². The summed E-state index contributed by atoms with van der Waals surface area (Å²) >= 11 is 0. The van der Waals surface area contributed by atoms with Gasteiger partial charge in [-0.2, -0.15) is 0 Å². The molecule has 6 nitrogen and oxygen atoms in total. The molecule has 2 aromatic rings. The molecule has 0 aromatic heterocycles. The SMILES string of the molecule is O=C1c2ccccc2S(=O)(=O)N1CCCCCN1CCN(Cc2ccccc2)CC1. The van der Waals surface area contributed by atoms with Gasteiger partial charge in [0.1, 0.15) is 4.90 Å². The smallest absolute Gasteiger partial charge is 0.269 e. The predicted octanol–water partition coefficient (Wildman–Crippen LogP) is 2.82.